The molecule has 0 spiro atoms. The number of benzene rings is 2. The van der Waals surface area contributed by atoms with Crippen molar-refractivity contribution in [3.05, 3.63) is 70.8 Å². The number of hydrogen-bond donors (Lipinski definition) is 1. The molecule has 0 fully saturated rings. The predicted octanol–water partition coefficient (Wildman–Crippen LogP) is 4.63. The van der Waals surface area contributed by atoms with Gasteiger partial charge in [-0.05, 0) is 55.5 Å². The first-order chi connectivity index (χ1) is 10.2. The molecule has 21 heavy (non-hydrogen) atoms. The summed E-state index contributed by atoms with van der Waals surface area (Å²) in [6.45, 7) is 8.73. The van der Waals surface area contributed by atoms with E-state index in [9.17, 15) is 0 Å². The lowest BCUT2D eigenvalue weighted by molar-refractivity contribution is 0.576. The maximum absolute atomic E-state index is 3.58. The fourth-order valence-electron chi connectivity index (χ4n) is 2.70. The zero-order chi connectivity index (χ0) is 15.1. The maximum Gasteiger partial charge on any atom is 0.00233 e. The van der Waals surface area contributed by atoms with E-state index in [1.807, 2.05) is 0 Å². The fourth-order valence-corrected chi connectivity index (χ4v) is 2.70. The molecule has 1 atom stereocenters. The Hall–Kier alpha value is -1.60. The molecule has 0 aliphatic heterocycles. The summed E-state index contributed by atoms with van der Waals surface area (Å²) in [6.07, 6.45) is 2.28. The van der Waals surface area contributed by atoms with Crippen molar-refractivity contribution in [3.63, 3.8) is 0 Å². The molecule has 1 unspecified atom stereocenters. The predicted molar refractivity (Wildman–Crippen MR) is 92.0 cm³/mol. The van der Waals surface area contributed by atoms with Gasteiger partial charge in [-0.3, -0.25) is 0 Å². The van der Waals surface area contributed by atoms with E-state index in [-0.39, 0.29) is 0 Å². The Balaban J connectivity index is 2.13. The highest BCUT2D eigenvalue weighted by Gasteiger charge is 2.12. The lowest BCUT2D eigenvalue weighted by Gasteiger charge is -2.19. The van der Waals surface area contributed by atoms with E-state index >= 15 is 0 Å². The minimum absolute atomic E-state index is 0.542. The van der Waals surface area contributed by atoms with Crippen molar-refractivity contribution < 1.29 is 0 Å². The highest BCUT2D eigenvalue weighted by Crippen LogP contribution is 2.21. The summed E-state index contributed by atoms with van der Waals surface area (Å²) in [5.74, 6) is 0.542. The summed E-state index contributed by atoms with van der Waals surface area (Å²) in [6, 6.07) is 17.7. The van der Waals surface area contributed by atoms with Crippen LogP contribution in [0.25, 0.3) is 0 Å². The van der Waals surface area contributed by atoms with E-state index in [2.05, 4.69) is 74.6 Å². The molecular weight excluding hydrogens is 254 g/mol. The molecule has 2 aromatic carbocycles. The molecule has 0 aliphatic carbocycles. The van der Waals surface area contributed by atoms with Crippen molar-refractivity contribution >= 4 is 0 Å². The van der Waals surface area contributed by atoms with E-state index in [1.165, 1.54) is 28.7 Å². The Morgan fingerprint density at radius 3 is 2.38 bits per heavy atom. The van der Waals surface area contributed by atoms with Crippen LogP contribution >= 0.6 is 0 Å². The van der Waals surface area contributed by atoms with Gasteiger partial charge in [-0.25, -0.2) is 0 Å². The van der Waals surface area contributed by atoms with Crippen molar-refractivity contribution in [1.82, 2.24) is 5.32 Å². The summed E-state index contributed by atoms with van der Waals surface area (Å²) < 4.78 is 0. The van der Waals surface area contributed by atoms with Gasteiger partial charge in [-0.2, -0.15) is 0 Å². The largest absolute Gasteiger partial charge is 0.316 e. The maximum atomic E-state index is 3.58. The van der Waals surface area contributed by atoms with Crippen LogP contribution in [-0.2, 0) is 6.42 Å². The third-order valence-electron chi connectivity index (χ3n) is 4.14. The third kappa shape index (κ3) is 4.71. The Bertz CT molecular complexity index is 545. The first kappa shape index (κ1) is 15.8. The van der Waals surface area contributed by atoms with Crippen molar-refractivity contribution in [2.24, 2.45) is 0 Å². The Kier molecular flexibility index (Phi) is 6.01. The minimum atomic E-state index is 0.542. The van der Waals surface area contributed by atoms with Gasteiger partial charge >= 0.3 is 0 Å². The SMILES string of the molecule is CCCNCC(Cc1ccc(C)c(C)c1)c1ccccc1. The molecule has 0 amide bonds. The van der Waals surface area contributed by atoms with Crippen molar-refractivity contribution in [3.8, 4) is 0 Å². The second-order valence-corrected chi connectivity index (χ2v) is 5.93. The number of nitrogens with one attached hydrogen (secondary N) is 1. The molecule has 1 nitrogen and oxygen atoms in total. The van der Waals surface area contributed by atoms with Crippen LogP contribution in [0.15, 0.2) is 48.5 Å². The summed E-state index contributed by atoms with van der Waals surface area (Å²) in [7, 11) is 0. The van der Waals surface area contributed by atoms with Gasteiger partial charge in [0.25, 0.3) is 0 Å². The van der Waals surface area contributed by atoms with Gasteiger partial charge in [0.05, 0.1) is 0 Å². The lowest BCUT2D eigenvalue weighted by Crippen LogP contribution is -2.23. The average Bonchev–Trinajstić information content (AvgIpc) is 2.51. The zero-order valence-corrected chi connectivity index (χ0v) is 13.5. The molecule has 1 N–H and O–H groups in total. The molecular formula is C20H27N. The summed E-state index contributed by atoms with van der Waals surface area (Å²) in [5, 5.41) is 3.58. The molecule has 2 aromatic rings. The molecule has 0 saturated carbocycles. The lowest BCUT2D eigenvalue weighted by atomic mass is 9.90. The Labute approximate surface area is 129 Å². The van der Waals surface area contributed by atoms with Crippen LogP contribution < -0.4 is 5.32 Å². The minimum Gasteiger partial charge on any atom is -0.316 e. The third-order valence-corrected chi connectivity index (χ3v) is 4.14. The van der Waals surface area contributed by atoms with Crippen molar-refractivity contribution in [2.45, 2.75) is 39.5 Å². The average molecular weight is 281 g/mol. The van der Waals surface area contributed by atoms with E-state index in [0.29, 0.717) is 5.92 Å². The van der Waals surface area contributed by atoms with Gasteiger partial charge in [-0.1, -0.05) is 55.5 Å². The summed E-state index contributed by atoms with van der Waals surface area (Å²) >= 11 is 0. The second kappa shape index (κ2) is 7.99. The monoisotopic (exact) mass is 281 g/mol. The first-order valence-corrected chi connectivity index (χ1v) is 8.02. The van der Waals surface area contributed by atoms with Crippen molar-refractivity contribution in [2.75, 3.05) is 13.1 Å². The summed E-state index contributed by atoms with van der Waals surface area (Å²) in [4.78, 5) is 0. The van der Waals surface area contributed by atoms with Gasteiger partial charge in [0.2, 0.25) is 0 Å². The van der Waals surface area contributed by atoms with Gasteiger partial charge in [0, 0.05) is 12.5 Å². The van der Waals surface area contributed by atoms with E-state index < -0.39 is 0 Å². The van der Waals surface area contributed by atoms with Crippen molar-refractivity contribution in [1.29, 1.82) is 0 Å². The Morgan fingerprint density at radius 2 is 1.71 bits per heavy atom. The van der Waals surface area contributed by atoms with Crippen LogP contribution in [0, 0.1) is 13.8 Å². The normalized spacial score (nSPS) is 12.3. The van der Waals surface area contributed by atoms with Crippen LogP contribution in [-0.4, -0.2) is 13.1 Å². The van der Waals surface area contributed by atoms with Crippen LogP contribution in [0.1, 0.15) is 41.5 Å². The van der Waals surface area contributed by atoms with Gasteiger partial charge in [-0.15, -0.1) is 0 Å². The second-order valence-electron chi connectivity index (χ2n) is 5.93. The van der Waals surface area contributed by atoms with Crippen LogP contribution in [0.4, 0.5) is 0 Å². The number of rotatable bonds is 7. The standard InChI is InChI=1S/C20H27N/c1-4-12-21-15-20(19-8-6-5-7-9-19)14-18-11-10-16(2)17(3)13-18/h5-11,13,20-21H,4,12,14-15H2,1-3H3. The molecule has 0 aromatic heterocycles. The van der Waals surface area contributed by atoms with E-state index in [1.54, 1.807) is 0 Å². The highest BCUT2D eigenvalue weighted by atomic mass is 14.8. The molecule has 1 heteroatoms. The van der Waals surface area contributed by atoms with Crippen LogP contribution in [0.3, 0.4) is 0 Å². The molecule has 0 bridgehead atoms. The van der Waals surface area contributed by atoms with Gasteiger partial charge in [0.1, 0.15) is 0 Å². The molecule has 2 rings (SSSR count). The quantitative estimate of drug-likeness (QED) is 0.730. The van der Waals surface area contributed by atoms with Crippen LogP contribution in [0.5, 0.6) is 0 Å². The molecule has 112 valence electrons. The highest BCUT2D eigenvalue weighted by molar-refractivity contribution is 5.32. The van der Waals surface area contributed by atoms with Gasteiger partial charge < -0.3 is 5.32 Å². The van der Waals surface area contributed by atoms with E-state index in [4.69, 9.17) is 0 Å². The fraction of sp³-hybridized carbons (Fsp3) is 0.400. The molecule has 0 aliphatic rings. The molecule has 0 saturated heterocycles. The van der Waals surface area contributed by atoms with Crippen LogP contribution in [0.2, 0.25) is 0 Å². The first-order valence-electron chi connectivity index (χ1n) is 8.02. The Morgan fingerprint density at radius 1 is 0.952 bits per heavy atom. The van der Waals surface area contributed by atoms with Gasteiger partial charge in [0.15, 0.2) is 0 Å². The number of hydrogen-bond acceptors (Lipinski definition) is 1. The molecule has 0 heterocycles. The smallest absolute Gasteiger partial charge is 0.00233 e. The summed E-state index contributed by atoms with van der Waals surface area (Å²) in [5.41, 5.74) is 5.63. The molecule has 0 radical (unpaired) electrons. The topological polar surface area (TPSA) is 12.0 Å². The zero-order valence-electron chi connectivity index (χ0n) is 13.5. The number of aryl methyl sites for hydroxylation is 2. The van der Waals surface area contributed by atoms with E-state index in [0.717, 1.165) is 19.5 Å².